The third-order valence-electron chi connectivity index (χ3n) is 4.28. The van der Waals surface area contributed by atoms with E-state index in [1.54, 1.807) is 26.0 Å². The molecule has 0 fully saturated rings. The van der Waals surface area contributed by atoms with Gasteiger partial charge in [-0.05, 0) is 38.1 Å². The molecule has 2 N–H and O–H groups in total. The van der Waals surface area contributed by atoms with E-state index in [-0.39, 0.29) is 39.4 Å². The Morgan fingerprint density at radius 3 is 2.57 bits per heavy atom. The van der Waals surface area contributed by atoms with Gasteiger partial charge in [-0.3, -0.25) is 4.79 Å². The Morgan fingerprint density at radius 1 is 1.20 bits per heavy atom. The van der Waals surface area contributed by atoms with Gasteiger partial charge in [0.25, 0.3) is 0 Å². The van der Waals surface area contributed by atoms with Gasteiger partial charge in [0, 0.05) is 0 Å². The van der Waals surface area contributed by atoms with E-state index in [0.29, 0.717) is 5.69 Å². The lowest BCUT2D eigenvalue weighted by Gasteiger charge is -2.06. The zero-order chi connectivity index (χ0) is 21.4. The first-order valence-electron chi connectivity index (χ1n) is 8.87. The lowest BCUT2D eigenvalue weighted by molar-refractivity contribution is 0.0531. The molecule has 0 aliphatic carbocycles. The second-order valence-electron chi connectivity index (χ2n) is 6.15. The van der Waals surface area contributed by atoms with Crippen LogP contribution >= 0.6 is 11.3 Å². The molecule has 0 spiro atoms. The van der Waals surface area contributed by atoms with E-state index >= 15 is 0 Å². The van der Waals surface area contributed by atoms with Crippen LogP contribution in [0.15, 0.2) is 45.6 Å². The Bertz CT molecular complexity index is 1220. The highest BCUT2D eigenvalue weighted by Gasteiger charge is 2.33. The monoisotopic (exact) mass is 428 g/mol. The zero-order valence-electron chi connectivity index (χ0n) is 15.9. The third-order valence-corrected chi connectivity index (χ3v) is 5.41. The number of furan rings is 2. The molecule has 0 atom stereocenters. The predicted octanol–water partition coefficient (Wildman–Crippen LogP) is 3.91. The predicted molar refractivity (Wildman–Crippen MR) is 105 cm³/mol. The van der Waals surface area contributed by atoms with Gasteiger partial charge in [0.05, 0.1) is 24.8 Å². The smallest absolute Gasteiger partial charge is 0.350 e. The summed E-state index contributed by atoms with van der Waals surface area (Å²) in [6.07, 6.45) is 2.71. The molecular weight excluding hydrogens is 412 g/mol. The molecule has 4 rings (SSSR count). The molecule has 10 heteroatoms. The van der Waals surface area contributed by atoms with Gasteiger partial charge in [0.1, 0.15) is 16.1 Å². The van der Waals surface area contributed by atoms with Crippen LogP contribution in [0.1, 0.15) is 38.4 Å². The number of nitrogens with zero attached hydrogens (tertiary/aromatic N) is 2. The molecule has 9 nitrogen and oxygen atoms in total. The van der Waals surface area contributed by atoms with E-state index in [4.69, 9.17) is 13.6 Å². The molecular formula is C20H16N2O7S. The van der Waals surface area contributed by atoms with Crippen LogP contribution in [-0.2, 0) is 4.74 Å². The van der Waals surface area contributed by atoms with Crippen molar-refractivity contribution in [3.8, 4) is 28.2 Å². The van der Waals surface area contributed by atoms with Crippen LogP contribution in [0.25, 0.3) is 16.6 Å². The largest absolute Gasteiger partial charge is 0.503 e. The number of carbonyl (C=O) groups excluding carboxylic acids is 2. The number of aromatic nitrogens is 2. The summed E-state index contributed by atoms with van der Waals surface area (Å²) < 4.78 is 16.8. The molecule has 0 aromatic carbocycles. The quantitative estimate of drug-likeness (QED) is 0.349. The summed E-state index contributed by atoms with van der Waals surface area (Å²) in [5.41, 5.74) is 0.230. The molecule has 30 heavy (non-hydrogen) atoms. The van der Waals surface area contributed by atoms with E-state index in [1.165, 1.54) is 24.7 Å². The summed E-state index contributed by atoms with van der Waals surface area (Å²) in [5.74, 6) is -2.32. The number of hydrogen-bond acceptors (Lipinski definition) is 9. The summed E-state index contributed by atoms with van der Waals surface area (Å²) >= 11 is 0.947. The van der Waals surface area contributed by atoms with Crippen molar-refractivity contribution in [2.24, 2.45) is 0 Å². The first kappa shape index (κ1) is 19.5. The van der Waals surface area contributed by atoms with Crippen LogP contribution in [0.4, 0.5) is 0 Å². The van der Waals surface area contributed by atoms with E-state index in [0.717, 1.165) is 15.9 Å². The van der Waals surface area contributed by atoms with Crippen molar-refractivity contribution in [3.05, 3.63) is 58.7 Å². The van der Waals surface area contributed by atoms with Gasteiger partial charge in [-0.2, -0.15) is 0 Å². The van der Waals surface area contributed by atoms with Crippen LogP contribution in [0, 0.1) is 6.92 Å². The lowest BCUT2D eigenvalue weighted by Crippen LogP contribution is -2.03. The molecule has 0 radical (unpaired) electrons. The highest BCUT2D eigenvalue weighted by Crippen LogP contribution is 2.45. The molecule has 4 heterocycles. The average molecular weight is 428 g/mol. The number of ether oxygens (including phenoxy) is 1. The molecule has 0 saturated carbocycles. The molecule has 0 bridgehead atoms. The molecule has 154 valence electrons. The van der Waals surface area contributed by atoms with Crippen molar-refractivity contribution >= 4 is 23.1 Å². The van der Waals surface area contributed by atoms with Gasteiger partial charge in [-0.1, -0.05) is 11.3 Å². The maximum Gasteiger partial charge on any atom is 0.350 e. The van der Waals surface area contributed by atoms with E-state index in [9.17, 15) is 19.8 Å². The second-order valence-corrected chi connectivity index (χ2v) is 7.12. The number of carbonyl (C=O) groups is 2. The van der Waals surface area contributed by atoms with E-state index in [2.05, 4.69) is 4.98 Å². The summed E-state index contributed by atoms with van der Waals surface area (Å²) in [6.45, 7) is 3.50. The minimum atomic E-state index is -0.659. The summed E-state index contributed by atoms with van der Waals surface area (Å²) in [4.78, 5) is 29.7. The van der Waals surface area contributed by atoms with Gasteiger partial charge < -0.3 is 23.8 Å². The molecule has 0 aliphatic heterocycles. The number of rotatable bonds is 6. The number of esters is 1. The van der Waals surface area contributed by atoms with Gasteiger partial charge in [-0.25, -0.2) is 14.3 Å². The number of thiazole rings is 1. The first-order valence-corrected chi connectivity index (χ1v) is 9.69. The summed E-state index contributed by atoms with van der Waals surface area (Å²) in [5, 5.41) is 21.4. The SMILES string of the molecule is CCOC(=O)c1sc(-n2c(O)c(O)c(C(=O)c3ccco3)c2-c2ccco2)nc1C. The van der Waals surface area contributed by atoms with Gasteiger partial charge in [0.2, 0.25) is 11.7 Å². The highest BCUT2D eigenvalue weighted by atomic mass is 32.1. The van der Waals surface area contributed by atoms with Crippen LogP contribution in [0.5, 0.6) is 11.6 Å². The maximum absolute atomic E-state index is 13.0. The number of ketones is 1. The minimum absolute atomic E-state index is 0.0298. The number of aryl methyl sites for hydroxylation is 1. The van der Waals surface area contributed by atoms with Crippen molar-refractivity contribution in [1.82, 2.24) is 9.55 Å². The van der Waals surface area contributed by atoms with Crippen molar-refractivity contribution < 1.29 is 33.4 Å². The summed E-state index contributed by atoms with van der Waals surface area (Å²) in [7, 11) is 0. The number of aromatic hydroxyl groups is 2. The van der Waals surface area contributed by atoms with E-state index < -0.39 is 23.4 Å². The van der Waals surface area contributed by atoms with Crippen molar-refractivity contribution in [2.75, 3.05) is 6.61 Å². The van der Waals surface area contributed by atoms with Crippen LogP contribution in [0.3, 0.4) is 0 Å². The Balaban J connectivity index is 1.96. The minimum Gasteiger partial charge on any atom is -0.503 e. The Morgan fingerprint density at radius 2 is 1.93 bits per heavy atom. The van der Waals surface area contributed by atoms with Crippen molar-refractivity contribution in [2.45, 2.75) is 13.8 Å². The zero-order valence-corrected chi connectivity index (χ0v) is 16.7. The third kappa shape index (κ3) is 3.07. The van der Waals surface area contributed by atoms with Crippen molar-refractivity contribution in [3.63, 3.8) is 0 Å². The second kappa shape index (κ2) is 7.56. The lowest BCUT2D eigenvalue weighted by atomic mass is 10.1. The Hall–Kier alpha value is -3.79. The first-order chi connectivity index (χ1) is 14.4. The van der Waals surface area contributed by atoms with Gasteiger partial charge in [-0.15, -0.1) is 0 Å². The number of hydrogen-bond donors (Lipinski definition) is 2. The maximum atomic E-state index is 13.0. The molecule has 0 aliphatic rings. The van der Waals surface area contributed by atoms with Crippen LogP contribution in [0.2, 0.25) is 0 Å². The fraction of sp³-hybridized carbons (Fsp3) is 0.150. The Kier molecular flexibility index (Phi) is 4.92. The fourth-order valence-corrected chi connectivity index (χ4v) is 3.96. The fourth-order valence-electron chi connectivity index (χ4n) is 2.99. The van der Waals surface area contributed by atoms with Crippen LogP contribution in [-0.4, -0.2) is 38.1 Å². The molecule has 0 amide bonds. The normalized spacial score (nSPS) is 11.0. The van der Waals surface area contributed by atoms with Gasteiger partial charge >= 0.3 is 5.97 Å². The topological polar surface area (TPSA) is 128 Å². The highest BCUT2D eigenvalue weighted by molar-refractivity contribution is 7.16. The van der Waals surface area contributed by atoms with E-state index in [1.807, 2.05) is 0 Å². The van der Waals surface area contributed by atoms with Gasteiger partial charge in [0.15, 0.2) is 22.4 Å². The van der Waals surface area contributed by atoms with Crippen LogP contribution < -0.4 is 0 Å². The molecule has 4 aromatic rings. The molecule has 4 aromatic heterocycles. The molecule has 0 saturated heterocycles. The average Bonchev–Trinajstić information content (AvgIpc) is 3.50. The Labute approximate surface area is 173 Å². The molecule has 0 unspecified atom stereocenters. The standard InChI is InChI=1S/C20H16N2O7S/c1-3-27-19(26)17-10(2)21-20(30-17)22-14(11-6-4-8-28-11)13(16(24)18(22)25)15(23)12-7-5-9-29-12/h4-9,24-25H,3H2,1-2H3. The summed E-state index contributed by atoms with van der Waals surface area (Å²) in [6, 6.07) is 6.13. The van der Waals surface area contributed by atoms with Crippen molar-refractivity contribution in [1.29, 1.82) is 0 Å².